The summed E-state index contributed by atoms with van der Waals surface area (Å²) < 4.78 is 24.3. The van der Waals surface area contributed by atoms with Crippen molar-refractivity contribution in [3.63, 3.8) is 0 Å². The van der Waals surface area contributed by atoms with E-state index in [0.29, 0.717) is 0 Å². The fraction of sp³-hybridized carbons (Fsp3) is 0.190. The maximum atomic E-state index is 20.2. The number of benzene rings is 7. The van der Waals surface area contributed by atoms with Gasteiger partial charge in [-0.15, -0.1) is 0 Å². The van der Waals surface area contributed by atoms with Crippen LogP contribution in [0.5, 0.6) is 0 Å². The van der Waals surface area contributed by atoms with Crippen molar-refractivity contribution in [1.29, 1.82) is 0 Å². The molecule has 7 aromatic carbocycles. The largest absolute Gasteiger partial charge is 0.847 e. The van der Waals surface area contributed by atoms with Crippen LogP contribution in [-0.4, -0.2) is 21.3 Å². The first-order chi connectivity index (χ1) is 33.5. The van der Waals surface area contributed by atoms with Crippen LogP contribution in [0.2, 0.25) is 0 Å². The van der Waals surface area contributed by atoms with Gasteiger partial charge in [0.1, 0.15) is 0 Å². The van der Waals surface area contributed by atoms with Crippen LogP contribution < -0.4 is 0 Å². The van der Waals surface area contributed by atoms with Gasteiger partial charge < -0.3 is 0 Å². The summed E-state index contributed by atoms with van der Waals surface area (Å²) in [4.78, 5) is 2.40. The molecule has 8 aromatic rings. The smallest absolute Gasteiger partial charge is 0.279 e. The van der Waals surface area contributed by atoms with Crippen molar-refractivity contribution in [1.82, 2.24) is 4.48 Å². The Morgan fingerprint density at radius 3 is 1.14 bits per heavy atom. The Labute approximate surface area is 417 Å². The van der Waals surface area contributed by atoms with E-state index in [2.05, 4.69) is 252 Å². The number of thioether (sulfide) groups is 1. The third-order valence-corrected chi connectivity index (χ3v) is 16.1. The van der Waals surface area contributed by atoms with Gasteiger partial charge in [0.15, 0.2) is 0 Å². The molecule has 0 radical (unpaired) electrons. The predicted octanol–water partition coefficient (Wildman–Crippen LogP) is 17.9. The van der Waals surface area contributed by atoms with Crippen molar-refractivity contribution in [3.05, 3.63) is 238 Å². The molecule has 0 aliphatic carbocycles. The first-order valence-electron chi connectivity index (χ1n) is 24.5. The predicted molar refractivity (Wildman–Crippen MR) is 294 cm³/mol. The highest BCUT2D eigenvalue weighted by molar-refractivity contribution is 8.15. The van der Waals surface area contributed by atoms with Crippen molar-refractivity contribution >= 4 is 52.5 Å². The highest BCUT2D eigenvalue weighted by Gasteiger charge is 2.57. The number of rotatable bonds is 12. The lowest BCUT2D eigenvalue weighted by Gasteiger charge is -2.24. The van der Waals surface area contributed by atoms with Crippen molar-refractivity contribution < 1.29 is 8.80 Å². The Kier molecular flexibility index (Phi) is 13.2. The maximum Gasteiger partial charge on any atom is 0.847 e. The van der Waals surface area contributed by atoms with Crippen molar-refractivity contribution in [2.24, 2.45) is 0 Å². The van der Waals surface area contributed by atoms with Gasteiger partial charge in [-0.25, -0.2) is 8.80 Å². The normalized spacial score (nSPS) is 13.7. The van der Waals surface area contributed by atoms with Crippen LogP contribution >= 0.6 is 23.5 Å². The highest BCUT2D eigenvalue weighted by atomic mass is 32.2. The Balaban J connectivity index is 1.44. The molecular formula is C63H59BFN2S2+. The summed E-state index contributed by atoms with van der Waals surface area (Å²) in [6.07, 6.45) is 0. The van der Waals surface area contributed by atoms with E-state index in [1.165, 1.54) is 32.0 Å². The van der Waals surface area contributed by atoms with Crippen molar-refractivity contribution in [3.8, 4) is 22.3 Å². The fourth-order valence-electron chi connectivity index (χ4n) is 10.3. The number of halogens is 1. The second-order valence-electron chi connectivity index (χ2n) is 19.4. The van der Waals surface area contributed by atoms with E-state index in [0.717, 1.165) is 77.1 Å². The maximum absolute atomic E-state index is 20.2. The molecule has 0 saturated heterocycles. The number of hydrogen-bond donors (Lipinski definition) is 0. The third kappa shape index (κ3) is 8.40. The molecule has 342 valence electrons. The van der Waals surface area contributed by atoms with Crippen LogP contribution in [0.15, 0.2) is 209 Å². The lowest BCUT2D eigenvalue weighted by molar-refractivity contribution is -0.329. The molecule has 0 fully saturated rings. The number of hydrogen-bond acceptors (Lipinski definition) is 2. The second kappa shape index (κ2) is 19.6. The van der Waals surface area contributed by atoms with Gasteiger partial charge in [0.2, 0.25) is 10.7 Å². The van der Waals surface area contributed by atoms with Crippen LogP contribution in [0.3, 0.4) is 0 Å². The van der Waals surface area contributed by atoms with Gasteiger partial charge in [0.05, 0.1) is 27.4 Å². The Bertz CT molecular complexity index is 3210. The molecule has 10 rings (SSSR count). The summed E-state index contributed by atoms with van der Waals surface area (Å²) in [6, 6.07) is 67.0. The minimum Gasteiger partial charge on any atom is -0.279 e. The third-order valence-electron chi connectivity index (χ3n) is 13.6. The Hall–Kier alpha value is -6.34. The summed E-state index contributed by atoms with van der Waals surface area (Å²) in [5.74, 6) is 1.00. The molecule has 1 aromatic heterocycles. The number of allylic oxidation sites excluding steroid dienone is 1. The van der Waals surface area contributed by atoms with Gasteiger partial charge in [-0.3, -0.25) is 4.48 Å². The highest BCUT2D eigenvalue weighted by Crippen LogP contribution is 2.57. The van der Waals surface area contributed by atoms with E-state index in [4.69, 9.17) is 0 Å². The Morgan fingerprint density at radius 1 is 0.391 bits per heavy atom. The van der Waals surface area contributed by atoms with Gasteiger partial charge in [-0.1, -0.05) is 255 Å². The van der Waals surface area contributed by atoms with Gasteiger partial charge in [-0.2, -0.15) is 0 Å². The van der Waals surface area contributed by atoms with E-state index in [-0.39, 0.29) is 23.7 Å². The van der Waals surface area contributed by atoms with Crippen molar-refractivity contribution in [2.45, 2.75) is 93.9 Å². The molecule has 0 atom stereocenters. The molecular weight excluding hydrogens is 879 g/mol. The summed E-state index contributed by atoms with van der Waals surface area (Å²) in [5, 5.41) is 1.77. The number of aromatic nitrogens is 1. The van der Waals surface area contributed by atoms with Gasteiger partial charge in [0, 0.05) is 20.9 Å². The summed E-state index contributed by atoms with van der Waals surface area (Å²) in [5.41, 5.74) is 17.1. The second-order valence-corrected chi connectivity index (χ2v) is 21.4. The topological polar surface area (TPSA) is 7.94 Å². The first-order valence-corrected chi connectivity index (χ1v) is 26.1. The summed E-state index contributed by atoms with van der Waals surface area (Å²) >= 11 is 3.48. The average molecular weight is 938 g/mol. The number of nitrogens with zero attached hydrogens (tertiary/aromatic N) is 2. The van der Waals surface area contributed by atoms with Gasteiger partial charge >= 0.3 is 7.26 Å². The fourth-order valence-corrected chi connectivity index (χ4v) is 13.5. The molecule has 69 heavy (non-hydrogen) atoms. The SMILES string of the molecule is CC(C)c1cccc(C(C)C)c1SC1=[N+]2B(F)n3c(Sc4c(C(C)C)cccc4C(C)C)c(-c4ccccc4)c(-c4ccccc4)c3C(c3ccccc3)=C2C(c2ccccc2)=C1c1ccccc1. The minimum absolute atomic E-state index is 0.250. The quantitative estimate of drug-likeness (QED) is 0.113. The van der Waals surface area contributed by atoms with Crippen LogP contribution in [0.4, 0.5) is 4.32 Å². The first kappa shape index (κ1) is 46.4. The molecule has 2 nitrogen and oxygen atoms in total. The summed E-state index contributed by atoms with van der Waals surface area (Å²) in [6.45, 7) is 18.2. The molecule has 2 aliphatic heterocycles. The molecule has 3 heterocycles. The van der Waals surface area contributed by atoms with Crippen LogP contribution in [-0.2, 0) is 0 Å². The van der Waals surface area contributed by atoms with E-state index in [9.17, 15) is 0 Å². The molecule has 0 bridgehead atoms. The zero-order valence-electron chi connectivity index (χ0n) is 40.9. The van der Waals surface area contributed by atoms with E-state index in [1.807, 2.05) is 0 Å². The molecule has 0 saturated carbocycles. The Morgan fingerprint density at radius 2 is 0.739 bits per heavy atom. The monoisotopic (exact) mass is 937 g/mol. The molecule has 0 unspecified atom stereocenters. The molecule has 0 N–H and O–H groups in total. The zero-order chi connectivity index (χ0) is 47.9. The molecule has 0 spiro atoms. The van der Waals surface area contributed by atoms with Crippen LogP contribution in [0, 0.1) is 0 Å². The molecule has 6 heteroatoms. The average Bonchev–Trinajstić information content (AvgIpc) is 3.89. The molecule has 2 aliphatic rings. The lowest BCUT2D eigenvalue weighted by atomic mass is 9.83. The minimum atomic E-state index is -1.64. The van der Waals surface area contributed by atoms with E-state index in [1.54, 1.807) is 23.5 Å². The van der Waals surface area contributed by atoms with Gasteiger partial charge in [-0.05, 0) is 85.5 Å². The van der Waals surface area contributed by atoms with Crippen LogP contribution in [0.1, 0.15) is 124 Å². The summed E-state index contributed by atoms with van der Waals surface area (Å²) in [7, 11) is -1.64. The van der Waals surface area contributed by atoms with Gasteiger partial charge in [0.25, 0.3) is 0 Å². The zero-order valence-corrected chi connectivity index (χ0v) is 42.5. The van der Waals surface area contributed by atoms with E-state index < -0.39 is 7.26 Å². The standard InChI is InChI=1S/C63H59BFN2S2/c1-40(2)49-36-24-37-50(41(3)4)60(49)68-62-55(46-30-18-11-19-31-46)53(44-26-14-9-15-27-44)58-57(48-34-22-13-23-35-48)59-54(45-28-16-10-17-29-45)56(47-32-20-12-21-33-47)63(67(59)64(65)66(58)62)69-61-51(42(5)6)38-25-39-52(61)43(7)8/h9-43H,1-8H3/q+1. The number of fused-ring (bicyclic) bond motifs is 2. The molecule has 0 amide bonds. The van der Waals surface area contributed by atoms with Crippen molar-refractivity contribution in [2.75, 3.05) is 0 Å². The lowest BCUT2D eigenvalue weighted by Crippen LogP contribution is -2.41. The van der Waals surface area contributed by atoms with E-state index >= 15 is 4.32 Å². The van der Waals surface area contributed by atoms with Crippen LogP contribution in [0.25, 0.3) is 39.0 Å².